The molecule has 4 nitrogen and oxygen atoms in total. The van der Waals surface area contributed by atoms with Gasteiger partial charge in [0.15, 0.2) is 0 Å². The summed E-state index contributed by atoms with van der Waals surface area (Å²) < 4.78 is 5.40. The summed E-state index contributed by atoms with van der Waals surface area (Å²) in [5.41, 5.74) is 4.37. The van der Waals surface area contributed by atoms with Crippen molar-refractivity contribution in [3.63, 3.8) is 0 Å². The Morgan fingerprint density at radius 1 is 1.26 bits per heavy atom. The number of rotatable bonds is 6. The van der Waals surface area contributed by atoms with Crippen molar-refractivity contribution in [2.75, 3.05) is 6.61 Å². The lowest BCUT2D eigenvalue weighted by Crippen LogP contribution is -2.33. The van der Waals surface area contributed by atoms with Crippen LogP contribution in [0.25, 0.3) is 0 Å². The fraction of sp³-hybridized carbons (Fsp3) is 0.368. The molecule has 0 spiro atoms. The number of nitrogens with zero attached hydrogens (tertiary/aromatic N) is 1. The normalized spacial score (nSPS) is 12.2. The smallest absolute Gasteiger partial charge is 0.246 e. The van der Waals surface area contributed by atoms with Crippen molar-refractivity contribution < 1.29 is 9.53 Å². The maximum atomic E-state index is 12.2. The van der Waals surface area contributed by atoms with Gasteiger partial charge in [-0.2, -0.15) is 0 Å². The molecule has 0 radical (unpaired) electrons. The molecular formula is C19H24N2O2. The van der Waals surface area contributed by atoms with Crippen molar-refractivity contribution in [1.29, 1.82) is 0 Å². The SMILES string of the molecule is Cc1ccc([C@@H](NC(=O)COC(C)C)c2cccnc2)c(C)c1. The molecule has 0 aliphatic heterocycles. The maximum Gasteiger partial charge on any atom is 0.246 e. The largest absolute Gasteiger partial charge is 0.369 e. The summed E-state index contributed by atoms with van der Waals surface area (Å²) in [7, 11) is 0. The van der Waals surface area contributed by atoms with Crippen molar-refractivity contribution in [1.82, 2.24) is 10.3 Å². The van der Waals surface area contributed by atoms with Crippen molar-refractivity contribution in [3.05, 3.63) is 65.0 Å². The highest BCUT2D eigenvalue weighted by molar-refractivity contribution is 5.78. The molecular weight excluding hydrogens is 288 g/mol. The maximum absolute atomic E-state index is 12.2. The topological polar surface area (TPSA) is 51.2 Å². The molecule has 0 aliphatic rings. The Kier molecular flexibility index (Phi) is 5.88. The summed E-state index contributed by atoms with van der Waals surface area (Å²) in [6.45, 7) is 8.00. The Labute approximate surface area is 137 Å². The lowest BCUT2D eigenvalue weighted by Gasteiger charge is -2.22. The number of ether oxygens (including phenoxy) is 1. The number of aryl methyl sites for hydroxylation is 2. The summed E-state index contributed by atoms with van der Waals surface area (Å²) in [6, 6.07) is 9.86. The zero-order valence-corrected chi connectivity index (χ0v) is 14.2. The average molecular weight is 312 g/mol. The number of amides is 1. The Hall–Kier alpha value is -2.20. The molecule has 0 saturated heterocycles. The fourth-order valence-electron chi connectivity index (χ4n) is 2.48. The van der Waals surface area contributed by atoms with E-state index in [-0.39, 0.29) is 24.7 Å². The van der Waals surface area contributed by atoms with Gasteiger partial charge in [0.2, 0.25) is 5.91 Å². The van der Waals surface area contributed by atoms with E-state index < -0.39 is 0 Å². The van der Waals surface area contributed by atoms with Gasteiger partial charge in [-0.25, -0.2) is 0 Å². The predicted octanol–water partition coefficient (Wildman–Crippen LogP) is 3.33. The standard InChI is InChI=1S/C19H24N2O2/c1-13(2)23-12-18(22)21-19(16-6-5-9-20-11-16)17-8-7-14(3)10-15(17)4/h5-11,13,19H,12H2,1-4H3,(H,21,22)/t19-/m0/s1. The molecule has 0 saturated carbocycles. The second-order valence-electron chi connectivity index (χ2n) is 6.01. The Morgan fingerprint density at radius 3 is 2.65 bits per heavy atom. The first-order valence-electron chi connectivity index (χ1n) is 7.85. The molecule has 4 heteroatoms. The minimum absolute atomic E-state index is 0.0266. The molecule has 1 N–H and O–H groups in total. The first-order chi connectivity index (χ1) is 11.0. The number of benzene rings is 1. The van der Waals surface area contributed by atoms with Gasteiger partial charge in [0.25, 0.3) is 0 Å². The van der Waals surface area contributed by atoms with E-state index in [1.54, 1.807) is 12.4 Å². The number of carbonyl (C=O) groups is 1. The van der Waals surface area contributed by atoms with E-state index in [1.165, 1.54) is 5.56 Å². The minimum atomic E-state index is -0.229. The van der Waals surface area contributed by atoms with Gasteiger partial charge in [-0.05, 0) is 50.5 Å². The third-order valence-electron chi connectivity index (χ3n) is 3.61. The second kappa shape index (κ2) is 7.88. The first kappa shape index (κ1) is 17.2. The van der Waals surface area contributed by atoms with Gasteiger partial charge in [-0.3, -0.25) is 9.78 Å². The van der Waals surface area contributed by atoms with Crippen LogP contribution in [0.5, 0.6) is 0 Å². The predicted molar refractivity (Wildman–Crippen MR) is 91.2 cm³/mol. The van der Waals surface area contributed by atoms with E-state index in [0.29, 0.717) is 0 Å². The van der Waals surface area contributed by atoms with Gasteiger partial charge in [0, 0.05) is 12.4 Å². The molecule has 2 rings (SSSR count). The van der Waals surface area contributed by atoms with E-state index in [9.17, 15) is 4.79 Å². The molecule has 0 aliphatic carbocycles. The Balaban J connectivity index is 2.27. The number of pyridine rings is 1. The Bertz CT molecular complexity index is 654. The van der Waals surface area contributed by atoms with Crippen LogP contribution in [-0.2, 0) is 9.53 Å². The van der Waals surface area contributed by atoms with Crippen LogP contribution in [0, 0.1) is 13.8 Å². The summed E-state index contributed by atoms with van der Waals surface area (Å²) >= 11 is 0. The highest BCUT2D eigenvalue weighted by Crippen LogP contribution is 2.25. The second-order valence-corrected chi connectivity index (χ2v) is 6.01. The van der Waals surface area contributed by atoms with Crippen molar-refractivity contribution in [2.24, 2.45) is 0 Å². The van der Waals surface area contributed by atoms with Crippen molar-refractivity contribution >= 4 is 5.91 Å². The van der Waals surface area contributed by atoms with Crippen LogP contribution in [0.15, 0.2) is 42.7 Å². The number of aromatic nitrogens is 1. The third-order valence-corrected chi connectivity index (χ3v) is 3.61. The zero-order chi connectivity index (χ0) is 16.8. The van der Waals surface area contributed by atoms with Gasteiger partial charge in [0.1, 0.15) is 6.61 Å². The van der Waals surface area contributed by atoms with E-state index in [4.69, 9.17) is 4.74 Å². The van der Waals surface area contributed by atoms with E-state index in [1.807, 2.05) is 26.0 Å². The van der Waals surface area contributed by atoms with Crippen LogP contribution >= 0.6 is 0 Å². The highest BCUT2D eigenvalue weighted by atomic mass is 16.5. The molecule has 0 fully saturated rings. The van der Waals surface area contributed by atoms with Gasteiger partial charge in [-0.1, -0.05) is 29.8 Å². The number of hydrogen-bond acceptors (Lipinski definition) is 3. The van der Waals surface area contributed by atoms with Gasteiger partial charge in [0.05, 0.1) is 12.1 Å². The summed E-state index contributed by atoms with van der Waals surface area (Å²) in [4.78, 5) is 16.4. The molecule has 23 heavy (non-hydrogen) atoms. The Morgan fingerprint density at radius 2 is 2.04 bits per heavy atom. The molecule has 1 aromatic carbocycles. The average Bonchev–Trinajstić information content (AvgIpc) is 2.52. The van der Waals surface area contributed by atoms with E-state index in [2.05, 4.69) is 42.3 Å². The number of hydrogen-bond donors (Lipinski definition) is 1. The van der Waals surface area contributed by atoms with Crippen LogP contribution in [0.4, 0.5) is 0 Å². The fourth-order valence-corrected chi connectivity index (χ4v) is 2.48. The first-order valence-corrected chi connectivity index (χ1v) is 7.85. The van der Waals surface area contributed by atoms with Gasteiger partial charge < -0.3 is 10.1 Å². The van der Waals surface area contributed by atoms with Crippen molar-refractivity contribution in [3.8, 4) is 0 Å². The lowest BCUT2D eigenvalue weighted by molar-refractivity contribution is -0.127. The van der Waals surface area contributed by atoms with E-state index in [0.717, 1.165) is 16.7 Å². The summed E-state index contributed by atoms with van der Waals surface area (Å²) in [5.74, 6) is -0.132. The highest BCUT2D eigenvalue weighted by Gasteiger charge is 2.19. The number of nitrogens with one attached hydrogen (secondary N) is 1. The third kappa shape index (κ3) is 4.89. The van der Waals surface area contributed by atoms with Crippen LogP contribution in [0.1, 0.15) is 42.1 Å². The van der Waals surface area contributed by atoms with Crippen LogP contribution in [-0.4, -0.2) is 23.6 Å². The van der Waals surface area contributed by atoms with Crippen molar-refractivity contribution in [2.45, 2.75) is 39.8 Å². The molecule has 0 bridgehead atoms. The monoisotopic (exact) mass is 312 g/mol. The molecule has 1 amide bonds. The molecule has 1 atom stereocenters. The van der Waals surface area contributed by atoms with Crippen LogP contribution in [0.3, 0.4) is 0 Å². The molecule has 0 unspecified atom stereocenters. The lowest BCUT2D eigenvalue weighted by atomic mass is 9.94. The number of carbonyl (C=O) groups excluding carboxylic acids is 1. The molecule has 122 valence electrons. The summed E-state index contributed by atoms with van der Waals surface area (Å²) in [6.07, 6.45) is 3.54. The van der Waals surface area contributed by atoms with E-state index >= 15 is 0 Å². The zero-order valence-electron chi connectivity index (χ0n) is 14.2. The summed E-state index contributed by atoms with van der Waals surface area (Å²) in [5, 5.41) is 3.06. The van der Waals surface area contributed by atoms with Crippen LogP contribution < -0.4 is 5.32 Å². The molecule has 1 heterocycles. The quantitative estimate of drug-likeness (QED) is 0.890. The minimum Gasteiger partial charge on any atom is -0.369 e. The van der Waals surface area contributed by atoms with Gasteiger partial charge >= 0.3 is 0 Å². The van der Waals surface area contributed by atoms with Crippen LogP contribution in [0.2, 0.25) is 0 Å². The molecule has 1 aromatic heterocycles. The van der Waals surface area contributed by atoms with Gasteiger partial charge in [-0.15, -0.1) is 0 Å². The molecule has 2 aromatic rings.